The van der Waals surface area contributed by atoms with Gasteiger partial charge in [-0.1, -0.05) is 224 Å². The van der Waals surface area contributed by atoms with Gasteiger partial charge in [0.2, 0.25) is 5.75 Å². The average molecular weight is 745 g/mol. The van der Waals surface area contributed by atoms with Crippen molar-refractivity contribution in [2.75, 3.05) is 19.8 Å². The van der Waals surface area contributed by atoms with Gasteiger partial charge in [-0.25, -0.2) is 0 Å². The van der Waals surface area contributed by atoms with Crippen LogP contribution in [0.5, 0.6) is 17.2 Å². The Morgan fingerprint density at radius 1 is 0.370 bits per heavy atom. The van der Waals surface area contributed by atoms with Crippen LogP contribution in [0.3, 0.4) is 0 Å². The highest BCUT2D eigenvalue weighted by Crippen LogP contribution is 2.47. The molecule has 0 saturated carbocycles. The van der Waals surface area contributed by atoms with Crippen LogP contribution in [-0.4, -0.2) is 19.8 Å². The summed E-state index contributed by atoms with van der Waals surface area (Å²) >= 11 is 0. The van der Waals surface area contributed by atoms with E-state index in [0.717, 1.165) is 43.1 Å². The number of ether oxygens (including phenoxy) is 3. The maximum absolute atomic E-state index is 6.88. The Hall–Kier alpha value is -2.42. The molecule has 0 bridgehead atoms. The second-order valence-corrected chi connectivity index (χ2v) is 16.5. The lowest BCUT2D eigenvalue weighted by molar-refractivity contribution is 0.236. The molecule has 0 unspecified atom stereocenters. The van der Waals surface area contributed by atoms with E-state index in [0.29, 0.717) is 13.2 Å². The number of hydrogen-bond donors (Lipinski definition) is 0. The maximum Gasteiger partial charge on any atom is 0.204 e. The zero-order valence-corrected chi connectivity index (χ0v) is 36.0. The quantitative estimate of drug-likeness (QED) is 0.0438. The van der Waals surface area contributed by atoms with Crippen molar-refractivity contribution in [3.8, 4) is 17.2 Å². The zero-order valence-electron chi connectivity index (χ0n) is 36.0. The molecular formula is C51H84O3. The van der Waals surface area contributed by atoms with Crippen molar-refractivity contribution in [1.29, 1.82) is 0 Å². The van der Waals surface area contributed by atoms with E-state index in [1.165, 1.54) is 200 Å². The lowest BCUT2D eigenvalue weighted by Crippen LogP contribution is -2.07. The second-order valence-electron chi connectivity index (χ2n) is 16.5. The summed E-state index contributed by atoms with van der Waals surface area (Å²) in [5.41, 5.74) is 1.26. The topological polar surface area (TPSA) is 27.7 Å². The number of benzene rings is 3. The summed E-state index contributed by atoms with van der Waals surface area (Å²) in [6.07, 6.45) is 39.6. The SMILES string of the molecule is CCCCCCCCCCCCOc1cc2c(C)cc3ccccc3c2c(OCCCCCCCCCCCC)c1OCCCCCCCCCCCC. The summed E-state index contributed by atoms with van der Waals surface area (Å²) < 4.78 is 20.3. The number of rotatable bonds is 36. The number of aryl methyl sites for hydroxylation is 1. The van der Waals surface area contributed by atoms with Gasteiger partial charge in [-0.3, -0.25) is 0 Å². The minimum Gasteiger partial charge on any atom is -0.490 e. The largest absolute Gasteiger partial charge is 0.490 e. The molecule has 3 aromatic carbocycles. The van der Waals surface area contributed by atoms with Gasteiger partial charge in [0.05, 0.1) is 19.8 Å². The molecule has 3 heteroatoms. The Balaban J connectivity index is 1.68. The minimum absolute atomic E-state index is 0.703. The van der Waals surface area contributed by atoms with Crippen molar-refractivity contribution < 1.29 is 14.2 Å². The molecule has 0 N–H and O–H groups in total. The summed E-state index contributed by atoms with van der Waals surface area (Å²) in [5.74, 6) is 2.59. The van der Waals surface area contributed by atoms with Gasteiger partial charge in [0.15, 0.2) is 11.5 Å². The molecule has 0 spiro atoms. The van der Waals surface area contributed by atoms with Gasteiger partial charge in [-0.05, 0) is 54.0 Å². The third-order valence-electron chi connectivity index (χ3n) is 11.5. The normalized spacial score (nSPS) is 11.6. The number of unbranched alkanes of at least 4 members (excludes halogenated alkanes) is 27. The van der Waals surface area contributed by atoms with Gasteiger partial charge in [0.25, 0.3) is 0 Å². The van der Waals surface area contributed by atoms with E-state index in [2.05, 4.69) is 64.1 Å². The van der Waals surface area contributed by atoms with Crippen LogP contribution >= 0.6 is 0 Å². The highest BCUT2D eigenvalue weighted by molar-refractivity contribution is 6.13. The third-order valence-corrected chi connectivity index (χ3v) is 11.5. The highest BCUT2D eigenvalue weighted by atomic mass is 16.5. The van der Waals surface area contributed by atoms with Crippen molar-refractivity contribution in [3.05, 3.63) is 42.0 Å². The van der Waals surface area contributed by atoms with Crippen LogP contribution < -0.4 is 14.2 Å². The summed E-state index contributed by atoms with van der Waals surface area (Å²) in [7, 11) is 0. The van der Waals surface area contributed by atoms with Gasteiger partial charge < -0.3 is 14.2 Å². The summed E-state index contributed by atoms with van der Waals surface area (Å²) in [6.45, 7) is 11.3. The first-order chi connectivity index (χ1) is 26.7. The summed E-state index contributed by atoms with van der Waals surface area (Å²) in [5, 5.41) is 4.89. The van der Waals surface area contributed by atoms with Gasteiger partial charge in [0, 0.05) is 5.39 Å². The highest BCUT2D eigenvalue weighted by Gasteiger charge is 2.21. The lowest BCUT2D eigenvalue weighted by atomic mass is 9.96. The van der Waals surface area contributed by atoms with Gasteiger partial charge >= 0.3 is 0 Å². The van der Waals surface area contributed by atoms with Crippen LogP contribution in [0.15, 0.2) is 36.4 Å². The Morgan fingerprint density at radius 2 is 0.741 bits per heavy atom. The molecule has 3 rings (SSSR count). The van der Waals surface area contributed by atoms with Crippen molar-refractivity contribution in [2.24, 2.45) is 0 Å². The van der Waals surface area contributed by atoms with Gasteiger partial charge in [-0.2, -0.15) is 0 Å². The molecule has 0 atom stereocenters. The molecule has 306 valence electrons. The molecule has 3 aromatic rings. The fourth-order valence-electron chi connectivity index (χ4n) is 8.04. The molecule has 0 fully saturated rings. The van der Waals surface area contributed by atoms with Crippen LogP contribution in [-0.2, 0) is 0 Å². The molecule has 0 aliphatic carbocycles. The number of hydrogen-bond acceptors (Lipinski definition) is 3. The van der Waals surface area contributed by atoms with E-state index in [1.54, 1.807) is 0 Å². The number of fused-ring (bicyclic) bond motifs is 3. The first-order valence-electron chi connectivity index (χ1n) is 23.6. The molecule has 3 nitrogen and oxygen atoms in total. The molecule has 0 aliphatic rings. The van der Waals surface area contributed by atoms with Crippen LogP contribution in [0.25, 0.3) is 21.5 Å². The fourth-order valence-corrected chi connectivity index (χ4v) is 8.04. The van der Waals surface area contributed by atoms with Crippen LogP contribution in [0.4, 0.5) is 0 Å². The zero-order chi connectivity index (χ0) is 38.3. The molecule has 0 heterocycles. The van der Waals surface area contributed by atoms with Crippen LogP contribution in [0.1, 0.15) is 219 Å². The molecule has 0 radical (unpaired) electrons. The van der Waals surface area contributed by atoms with E-state index < -0.39 is 0 Å². The van der Waals surface area contributed by atoms with E-state index in [1.807, 2.05) is 0 Å². The Bertz CT molecular complexity index is 1350. The van der Waals surface area contributed by atoms with Gasteiger partial charge in [0.1, 0.15) is 0 Å². The van der Waals surface area contributed by atoms with Gasteiger partial charge in [-0.15, -0.1) is 0 Å². The van der Waals surface area contributed by atoms with Crippen LogP contribution in [0, 0.1) is 6.92 Å². The molecule has 0 amide bonds. The van der Waals surface area contributed by atoms with Crippen molar-refractivity contribution in [2.45, 2.75) is 220 Å². The predicted molar refractivity (Wildman–Crippen MR) is 238 cm³/mol. The predicted octanol–water partition coefficient (Wildman–Crippen LogP) is 17.2. The second kappa shape index (κ2) is 30.8. The lowest BCUT2D eigenvalue weighted by Gasteiger charge is -2.21. The van der Waals surface area contributed by atoms with E-state index in [9.17, 15) is 0 Å². The van der Waals surface area contributed by atoms with Crippen LogP contribution in [0.2, 0.25) is 0 Å². The monoisotopic (exact) mass is 745 g/mol. The maximum atomic E-state index is 6.88. The van der Waals surface area contributed by atoms with E-state index in [-0.39, 0.29) is 0 Å². The van der Waals surface area contributed by atoms with Crippen molar-refractivity contribution >= 4 is 21.5 Å². The molecular weight excluding hydrogens is 661 g/mol. The first-order valence-corrected chi connectivity index (χ1v) is 23.6. The first kappa shape index (κ1) is 46.0. The Morgan fingerprint density at radius 3 is 1.19 bits per heavy atom. The molecule has 0 saturated heterocycles. The van der Waals surface area contributed by atoms with E-state index in [4.69, 9.17) is 14.2 Å². The van der Waals surface area contributed by atoms with Crippen molar-refractivity contribution in [1.82, 2.24) is 0 Å². The Kier molecular flexibility index (Phi) is 26.2. The third kappa shape index (κ3) is 18.5. The minimum atomic E-state index is 0.703. The molecule has 54 heavy (non-hydrogen) atoms. The molecule has 0 aromatic heterocycles. The Labute approximate surface area is 334 Å². The average Bonchev–Trinajstić information content (AvgIpc) is 3.18. The summed E-state index contributed by atoms with van der Waals surface area (Å²) in [6, 6.07) is 13.4. The summed E-state index contributed by atoms with van der Waals surface area (Å²) in [4.78, 5) is 0. The smallest absolute Gasteiger partial charge is 0.204 e. The van der Waals surface area contributed by atoms with E-state index >= 15 is 0 Å². The fraction of sp³-hybridized carbons (Fsp3) is 0.725. The standard InChI is InChI=1S/C51H84O3/c1-5-8-11-14-17-20-23-26-29-34-39-52-48-43-47-44(4)42-45-37-32-33-38-46(45)49(47)51(54-41-36-31-28-25-22-19-16-13-10-7-3)50(48)53-40-35-30-27-24-21-18-15-12-9-6-2/h32-33,37-38,42-43H,5-31,34-36,39-41H2,1-4H3. The molecule has 0 aliphatic heterocycles. The van der Waals surface area contributed by atoms with Crippen molar-refractivity contribution in [3.63, 3.8) is 0 Å².